The zero-order chi connectivity index (χ0) is 15.4. The number of carbonyl (C=O) groups excluding carboxylic acids is 1. The first-order valence-electron chi connectivity index (χ1n) is 7.51. The molecule has 1 aromatic carbocycles. The number of nitrogens with zero attached hydrogens (tertiary/aromatic N) is 1. The van der Waals surface area contributed by atoms with Crippen LogP contribution in [0.5, 0.6) is 0 Å². The molecule has 0 radical (unpaired) electrons. The van der Waals surface area contributed by atoms with Gasteiger partial charge in [-0.25, -0.2) is 4.39 Å². The molecular formula is C16H24FN3O. The number of amides is 1. The van der Waals surface area contributed by atoms with E-state index in [2.05, 4.69) is 4.90 Å². The van der Waals surface area contributed by atoms with E-state index in [0.717, 1.165) is 12.8 Å². The van der Waals surface area contributed by atoms with Crippen molar-refractivity contribution in [3.8, 4) is 0 Å². The fourth-order valence-electron chi connectivity index (χ4n) is 3.26. The van der Waals surface area contributed by atoms with Gasteiger partial charge in [0.1, 0.15) is 5.82 Å². The number of carbonyl (C=O) groups is 1. The second-order valence-electron chi connectivity index (χ2n) is 5.93. The lowest BCUT2D eigenvalue weighted by atomic mass is 9.83. The third-order valence-corrected chi connectivity index (χ3v) is 4.50. The van der Waals surface area contributed by atoms with Crippen LogP contribution in [-0.2, 0) is 6.54 Å². The molecule has 1 aromatic rings. The normalized spacial score (nSPS) is 22.5. The molecule has 1 saturated carbocycles. The predicted octanol–water partition coefficient (Wildman–Crippen LogP) is 1.87. The van der Waals surface area contributed by atoms with E-state index in [1.807, 2.05) is 7.05 Å². The Bertz CT molecular complexity index is 506. The summed E-state index contributed by atoms with van der Waals surface area (Å²) in [7, 11) is 2.01. The van der Waals surface area contributed by atoms with E-state index in [1.165, 1.54) is 18.9 Å². The van der Waals surface area contributed by atoms with Crippen LogP contribution in [0.4, 0.5) is 4.39 Å². The van der Waals surface area contributed by atoms with Gasteiger partial charge in [0.2, 0.25) is 5.91 Å². The summed E-state index contributed by atoms with van der Waals surface area (Å²) in [5.74, 6) is -0.501. The number of nitrogens with two attached hydrogens (primary N) is 2. The summed E-state index contributed by atoms with van der Waals surface area (Å²) >= 11 is 0. The maximum absolute atomic E-state index is 14.1. The Balaban J connectivity index is 2.08. The Hall–Kier alpha value is -1.46. The van der Waals surface area contributed by atoms with E-state index in [0.29, 0.717) is 30.6 Å². The second-order valence-corrected chi connectivity index (χ2v) is 5.93. The van der Waals surface area contributed by atoms with Gasteiger partial charge in [0.15, 0.2) is 0 Å². The maximum atomic E-state index is 14.1. The Kier molecular flexibility index (Phi) is 5.31. The molecule has 0 aromatic heterocycles. The van der Waals surface area contributed by atoms with Gasteiger partial charge in [0.25, 0.3) is 0 Å². The standard InChI is InChI=1S/C16H24FN3O/c1-20(15-5-3-2-4-12(15)9-18)10-13-7-6-11(16(19)21)8-14(13)17/h6-8,12,15H,2-5,9-10,18H2,1H3,(H2,19,21). The van der Waals surface area contributed by atoms with Gasteiger partial charge in [-0.05, 0) is 44.5 Å². The third kappa shape index (κ3) is 3.80. The van der Waals surface area contributed by atoms with Crippen LogP contribution in [0.1, 0.15) is 41.6 Å². The summed E-state index contributed by atoms with van der Waals surface area (Å²) in [4.78, 5) is 13.2. The van der Waals surface area contributed by atoms with Gasteiger partial charge in [-0.1, -0.05) is 18.9 Å². The smallest absolute Gasteiger partial charge is 0.248 e. The molecule has 4 N–H and O–H groups in total. The first kappa shape index (κ1) is 15.9. The molecule has 1 aliphatic rings. The molecule has 21 heavy (non-hydrogen) atoms. The highest BCUT2D eigenvalue weighted by atomic mass is 19.1. The molecule has 0 heterocycles. The number of hydrogen-bond donors (Lipinski definition) is 2. The largest absolute Gasteiger partial charge is 0.366 e. The van der Waals surface area contributed by atoms with E-state index in [4.69, 9.17) is 11.5 Å². The minimum atomic E-state index is -0.607. The van der Waals surface area contributed by atoms with Crippen LogP contribution in [0.15, 0.2) is 18.2 Å². The fourth-order valence-corrected chi connectivity index (χ4v) is 3.26. The zero-order valence-electron chi connectivity index (χ0n) is 12.5. The van der Waals surface area contributed by atoms with E-state index in [-0.39, 0.29) is 11.4 Å². The van der Waals surface area contributed by atoms with Gasteiger partial charge in [-0.3, -0.25) is 9.69 Å². The van der Waals surface area contributed by atoms with Crippen molar-refractivity contribution >= 4 is 5.91 Å². The van der Waals surface area contributed by atoms with Crippen LogP contribution >= 0.6 is 0 Å². The number of hydrogen-bond acceptors (Lipinski definition) is 3. The highest BCUT2D eigenvalue weighted by molar-refractivity contribution is 5.92. The van der Waals surface area contributed by atoms with Gasteiger partial charge in [0.05, 0.1) is 0 Å². The molecular weight excluding hydrogens is 269 g/mol. The van der Waals surface area contributed by atoms with E-state index in [1.54, 1.807) is 12.1 Å². The number of benzene rings is 1. The lowest BCUT2D eigenvalue weighted by molar-refractivity contribution is 0.0999. The third-order valence-electron chi connectivity index (χ3n) is 4.50. The van der Waals surface area contributed by atoms with E-state index in [9.17, 15) is 9.18 Å². The first-order valence-corrected chi connectivity index (χ1v) is 7.51. The summed E-state index contributed by atoms with van der Waals surface area (Å²) in [6, 6.07) is 4.84. The van der Waals surface area contributed by atoms with Gasteiger partial charge in [-0.2, -0.15) is 0 Å². The van der Waals surface area contributed by atoms with E-state index >= 15 is 0 Å². The highest BCUT2D eigenvalue weighted by Gasteiger charge is 2.27. The average molecular weight is 293 g/mol. The molecule has 0 bridgehead atoms. The summed E-state index contributed by atoms with van der Waals surface area (Å²) < 4.78 is 14.1. The van der Waals surface area contributed by atoms with Crippen LogP contribution in [-0.4, -0.2) is 30.4 Å². The van der Waals surface area contributed by atoms with Crippen LogP contribution in [0, 0.1) is 11.7 Å². The van der Waals surface area contributed by atoms with E-state index < -0.39 is 5.91 Å². The topological polar surface area (TPSA) is 72.3 Å². The predicted molar refractivity (Wildman–Crippen MR) is 81.2 cm³/mol. The van der Waals surface area contributed by atoms with Crippen molar-refractivity contribution in [1.82, 2.24) is 4.90 Å². The van der Waals surface area contributed by atoms with Gasteiger partial charge < -0.3 is 11.5 Å². The zero-order valence-corrected chi connectivity index (χ0v) is 12.5. The first-order chi connectivity index (χ1) is 10.0. The van der Waals surface area contributed by atoms with Crippen molar-refractivity contribution in [3.63, 3.8) is 0 Å². The van der Waals surface area contributed by atoms with Crippen LogP contribution in [0.2, 0.25) is 0 Å². The number of rotatable bonds is 5. The summed E-state index contributed by atoms with van der Waals surface area (Å²) in [6.07, 6.45) is 4.69. The van der Waals surface area contributed by atoms with Crippen molar-refractivity contribution in [2.24, 2.45) is 17.4 Å². The van der Waals surface area contributed by atoms with Gasteiger partial charge >= 0.3 is 0 Å². The second kappa shape index (κ2) is 7.00. The van der Waals surface area contributed by atoms with Crippen LogP contribution in [0.25, 0.3) is 0 Å². The van der Waals surface area contributed by atoms with Crippen molar-refractivity contribution in [2.45, 2.75) is 38.3 Å². The van der Waals surface area contributed by atoms with Crippen LogP contribution in [0.3, 0.4) is 0 Å². The average Bonchev–Trinajstić information content (AvgIpc) is 2.48. The summed E-state index contributed by atoms with van der Waals surface area (Å²) in [6.45, 7) is 1.20. The highest BCUT2D eigenvalue weighted by Crippen LogP contribution is 2.28. The lowest BCUT2D eigenvalue weighted by Gasteiger charge is -2.37. The monoisotopic (exact) mass is 293 g/mol. The molecule has 1 fully saturated rings. The minimum Gasteiger partial charge on any atom is -0.366 e. The van der Waals surface area contributed by atoms with Crippen molar-refractivity contribution < 1.29 is 9.18 Å². The Morgan fingerprint density at radius 2 is 2.10 bits per heavy atom. The minimum absolute atomic E-state index is 0.205. The Morgan fingerprint density at radius 1 is 1.38 bits per heavy atom. The van der Waals surface area contributed by atoms with Gasteiger partial charge in [0, 0.05) is 23.7 Å². The van der Waals surface area contributed by atoms with Gasteiger partial charge in [-0.15, -0.1) is 0 Å². The van der Waals surface area contributed by atoms with Crippen LogP contribution < -0.4 is 11.5 Å². The molecule has 1 aliphatic carbocycles. The molecule has 0 saturated heterocycles. The Morgan fingerprint density at radius 3 is 2.71 bits per heavy atom. The maximum Gasteiger partial charge on any atom is 0.248 e. The van der Waals surface area contributed by atoms with Crippen molar-refractivity contribution in [2.75, 3.05) is 13.6 Å². The SMILES string of the molecule is CN(Cc1ccc(C(N)=O)cc1F)C1CCCCC1CN. The molecule has 1 amide bonds. The van der Waals surface area contributed by atoms with Crippen molar-refractivity contribution in [1.29, 1.82) is 0 Å². The lowest BCUT2D eigenvalue weighted by Crippen LogP contribution is -2.42. The molecule has 0 spiro atoms. The van der Waals surface area contributed by atoms with Crippen molar-refractivity contribution in [3.05, 3.63) is 35.1 Å². The molecule has 2 unspecified atom stereocenters. The molecule has 2 atom stereocenters. The number of primary amides is 1. The molecule has 116 valence electrons. The number of halogens is 1. The Labute approximate surface area is 125 Å². The molecule has 0 aliphatic heterocycles. The quantitative estimate of drug-likeness (QED) is 0.870. The summed E-state index contributed by atoms with van der Waals surface area (Å²) in [5, 5.41) is 0. The molecule has 2 rings (SSSR count). The fraction of sp³-hybridized carbons (Fsp3) is 0.562. The summed E-state index contributed by atoms with van der Waals surface area (Å²) in [5.41, 5.74) is 11.8. The molecule has 5 heteroatoms. The molecule has 4 nitrogen and oxygen atoms in total.